The predicted octanol–water partition coefficient (Wildman–Crippen LogP) is 3.57. The molecule has 0 bridgehead atoms. The summed E-state index contributed by atoms with van der Waals surface area (Å²) in [6.45, 7) is -1.36. The van der Waals surface area contributed by atoms with E-state index < -0.39 is 30.2 Å². The fourth-order valence-corrected chi connectivity index (χ4v) is 2.70. The summed E-state index contributed by atoms with van der Waals surface area (Å²) < 4.78 is 9.51. The maximum absolute atomic E-state index is 12.1. The Hall–Kier alpha value is -3.04. The highest BCUT2D eigenvalue weighted by Crippen LogP contribution is 2.33. The zero-order chi connectivity index (χ0) is 21.2. The van der Waals surface area contributed by atoms with Crippen LogP contribution in [-0.2, 0) is 30.3 Å². The lowest BCUT2D eigenvalue weighted by Gasteiger charge is -2.14. The summed E-state index contributed by atoms with van der Waals surface area (Å²) in [6.07, 6.45) is -0.122. The number of anilines is 2. The SMILES string of the molecule is O=C(COC(=O)Cc1ccccc1Nc1c(Cl)cccc1Cl)OCCO[N+](=O)[O-]. The van der Waals surface area contributed by atoms with Crippen LogP contribution in [0.4, 0.5) is 11.4 Å². The molecule has 154 valence electrons. The zero-order valence-electron chi connectivity index (χ0n) is 14.9. The smallest absolute Gasteiger partial charge is 0.344 e. The summed E-state index contributed by atoms with van der Waals surface area (Å²) in [5, 5.41) is 12.9. The molecule has 9 nitrogen and oxygen atoms in total. The van der Waals surface area contributed by atoms with Crippen molar-refractivity contribution in [2.24, 2.45) is 0 Å². The van der Waals surface area contributed by atoms with Crippen LogP contribution in [0.2, 0.25) is 10.0 Å². The minimum atomic E-state index is -1.00. The van der Waals surface area contributed by atoms with Gasteiger partial charge in [-0.25, -0.2) is 4.79 Å². The fraction of sp³-hybridized carbons (Fsp3) is 0.222. The van der Waals surface area contributed by atoms with Gasteiger partial charge in [0.2, 0.25) is 0 Å². The Morgan fingerprint density at radius 1 is 0.966 bits per heavy atom. The second-order valence-electron chi connectivity index (χ2n) is 5.49. The number of esters is 2. The molecule has 0 radical (unpaired) electrons. The van der Waals surface area contributed by atoms with Gasteiger partial charge in [0, 0.05) is 5.69 Å². The number of halogens is 2. The summed E-state index contributed by atoms with van der Waals surface area (Å²) in [5.41, 5.74) is 1.69. The van der Waals surface area contributed by atoms with Crippen LogP contribution >= 0.6 is 23.2 Å². The van der Waals surface area contributed by atoms with Crippen LogP contribution in [0.1, 0.15) is 5.56 Å². The Balaban J connectivity index is 1.89. The van der Waals surface area contributed by atoms with Crippen molar-refractivity contribution in [3.63, 3.8) is 0 Å². The van der Waals surface area contributed by atoms with Crippen molar-refractivity contribution >= 4 is 46.5 Å². The number of hydrogen-bond donors (Lipinski definition) is 1. The van der Waals surface area contributed by atoms with Gasteiger partial charge in [0.15, 0.2) is 6.61 Å². The molecule has 11 heteroatoms. The number of benzene rings is 2. The number of carbonyl (C=O) groups excluding carboxylic acids is 2. The molecule has 0 fully saturated rings. The van der Waals surface area contributed by atoms with Crippen LogP contribution in [0.5, 0.6) is 0 Å². The number of para-hydroxylation sites is 2. The Morgan fingerprint density at radius 2 is 1.66 bits per heavy atom. The first-order valence-corrected chi connectivity index (χ1v) is 9.00. The van der Waals surface area contributed by atoms with E-state index in [0.717, 1.165) is 0 Å². The first kappa shape index (κ1) is 22.3. The van der Waals surface area contributed by atoms with Gasteiger partial charge in [0.1, 0.15) is 13.2 Å². The van der Waals surface area contributed by atoms with Crippen LogP contribution < -0.4 is 5.32 Å². The maximum atomic E-state index is 12.1. The number of hydrogen-bond acceptors (Lipinski definition) is 8. The van der Waals surface area contributed by atoms with E-state index in [0.29, 0.717) is 27.0 Å². The van der Waals surface area contributed by atoms with Crippen LogP contribution in [0.3, 0.4) is 0 Å². The van der Waals surface area contributed by atoms with Crippen molar-refractivity contribution in [3.05, 3.63) is 68.2 Å². The van der Waals surface area contributed by atoms with Gasteiger partial charge in [-0.1, -0.05) is 47.5 Å². The molecular formula is C18H16Cl2N2O7. The van der Waals surface area contributed by atoms with E-state index in [9.17, 15) is 19.7 Å². The van der Waals surface area contributed by atoms with Crippen molar-refractivity contribution in [1.82, 2.24) is 0 Å². The number of nitrogens with zero attached hydrogens (tertiary/aromatic N) is 1. The Bertz CT molecular complexity index is 872. The standard InChI is InChI=1S/C18H16Cl2N2O7/c19-13-5-3-6-14(20)18(13)21-15-7-2-1-4-12(15)10-16(23)28-11-17(24)27-8-9-29-22(25)26/h1-7,21H,8-11H2. The molecule has 0 unspecified atom stereocenters. The highest BCUT2D eigenvalue weighted by Gasteiger charge is 2.14. The summed E-state index contributed by atoms with van der Waals surface area (Å²) >= 11 is 12.3. The van der Waals surface area contributed by atoms with E-state index in [1.807, 2.05) is 0 Å². The van der Waals surface area contributed by atoms with Crippen LogP contribution in [0, 0.1) is 10.1 Å². The van der Waals surface area contributed by atoms with E-state index in [2.05, 4.69) is 14.9 Å². The molecule has 29 heavy (non-hydrogen) atoms. The molecule has 0 aromatic heterocycles. The molecule has 0 aliphatic carbocycles. The van der Waals surface area contributed by atoms with E-state index >= 15 is 0 Å². The molecular weight excluding hydrogens is 427 g/mol. The van der Waals surface area contributed by atoms with Gasteiger partial charge in [-0.05, 0) is 23.8 Å². The van der Waals surface area contributed by atoms with Crippen molar-refractivity contribution in [2.75, 3.05) is 25.1 Å². The van der Waals surface area contributed by atoms with Crippen LogP contribution in [0.25, 0.3) is 0 Å². The third-order valence-corrected chi connectivity index (χ3v) is 4.10. The quantitative estimate of drug-likeness (QED) is 0.256. The third-order valence-electron chi connectivity index (χ3n) is 3.47. The van der Waals surface area contributed by atoms with E-state index in [-0.39, 0.29) is 13.0 Å². The average molecular weight is 443 g/mol. The highest BCUT2D eigenvalue weighted by atomic mass is 35.5. The molecule has 2 aromatic rings. The Morgan fingerprint density at radius 3 is 2.34 bits per heavy atom. The first-order chi connectivity index (χ1) is 13.9. The van der Waals surface area contributed by atoms with Crippen molar-refractivity contribution in [1.29, 1.82) is 0 Å². The summed E-state index contributed by atoms with van der Waals surface area (Å²) in [7, 11) is 0. The van der Waals surface area contributed by atoms with Gasteiger partial charge in [-0.2, -0.15) is 0 Å². The lowest BCUT2D eigenvalue weighted by molar-refractivity contribution is -0.757. The molecule has 0 saturated carbocycles. The summed E-state index contributed by atoms with van der Waals surface area (Å²) in [6, 6.07) is 12.0. The Kier molecular flexibility index (Phi) is 8.50. The van der Waals surface area contributed by atoms with Gasteiger partial charge in [0.05, 0.1) is 22.2 Å². The number of nitrogens with one attached hydrogen (secondary N) is 1. The number of rotatable bonds is 10. The normalized spacial score (nSPS) is 10.1. The van der Waals surface area contributed by atoms with Gasteiger partial charge in [0.25, 0.3) is 5.09 Å². The van der Waals surface area contributed by atoms with Gasteiger partial charge in [-0.15, -0.1) is 10.1 Å². The topological polar surface area (TPSA) is 117 Å². The first-order valence-electron chi connectivity index (χ1n) is 8.24. The minimum Gasteiger partial charge on any atom is -0.461 e. The van der Waals surface area contributed by atoms with E-state index in [4.69, 9.17) is 27.9 Å². The monoisotopic (exact) mass is 442 g/mol. The van der Waals surface area contributed by atoms with Gasteiger partial charge in [-0.3, -0.25) is 4.79 Å². The zero-order valence-corrected chi connectivity index (χ0v) is 16.4. The van der Waals surface area contributed by atoms with Gasteiger partial charge >= 0.3 is 11.9 Å². The van der Waals surface area contributed by atoms with Crippen molar-refractivity contribution in [2.45, 2.75) is 6.42 Å². The molecule has 0 saturated heterocycles. The second kappa shape index (κ2) is 11.1. The minimum absolute atomic E-state index is 0.122. The lowest BCUT2D eigenvalue weighted by atomic mass is 10.1. The number of ether oxygens (including phenoxy) is 2. The third kappa shape index (κ3) is 7.47. The molecule has 0 atom stereocenters. The summed E-state index contributed by atoms with van der Waals surface area (Å²) in [4.78, 5) is 37.5. The van der Waals surface area contributed by atoms with Crippen molar-refractivity contribution < 1.29 is 29.0 Å². The van der Waals surface area contributed by atoms with Crippen LogP contribution in [0.15, 0.2) is 42.5 Å². The fourth-order valence-electron chi connectivity index (χ4n) is 2.20. The van der Waals surface area contributed by atoms with Crippen molar-refractivity contribution in [3.8, 4) is 0 Å². The molecule has 2 rings (SSSR count). The molecule has 2 aromatic carbocycles. The highest BCUT2D eigenvalue weighted by molar-refractivity contribution is 6.39. The summed E-state index contributed by atoms with van der Waals surface area (Å²) in [5.74, 6) is -1.51. The second-order valence-corrected chi connectivity index (χ2v) is 6.31. The Labute approximate surface area is 175 Å². The average Bonchev–Trinajstić information content (AvgIpc) is 2.67. The maximum Gasteiger partial charge on any atom is 0.344 e. The molecule has 0 heterocycles. The predicted molar refractivity (Wildman–Crippen MR) is 105 cm³/mol. The largest absolute Gasteiger partial charge is 0.461 e. The van der Waals surface area contributed by atoms with Gasteiger partial charge < -0.3 is 19.6 Å². The van der Waals surface area contributed by atoms with E-state index in [1.165, 1.54) is 0 Å². The molecule has 0 spiro atoms. The van der Waals surface area contributed by atoms with Crippen LogP contribution in [-0.4, -0.2) is 36.8 Å². The lowest BCUT2D eigenvalue weighted by Crippen LogP contribution is -2.20. The van der Waals surface area contributed by atoms with E-state index in [1.54, 1.807) is 42.5 Å². The molecule has 0 aliphatic heterocycles. The molecule has 1 N–H and O–H groups in total. The molecule has 0 aliphatic rings. The number of carbonyl (C=O) groups is 2. The molecule has 0 amide bonds.